The molecule has 6 heteroatoms. The Morgan fingerprint density at radius 1 is 1.21 bits per heavy atom. The van der Waals surface area contributed by atoms with Gasteiger partial charge < -0.3 is 10.2 Å². The molecule has 1 aliphatic carbocycles. The number of benzene rings is 2. The van der Waals surface area contributed by atoms with E-state index in [1.54, 1.807) is 29.2 Å². The first-order valence-corrected chi connectivity index (χ1v) is 9.89. The van der Waals surface area contributed by atoms with E-state index in [1.165, 1.54) is 18.2 Å². The Morgan fingerprint density at radius 2 is 2.03 bits per heavy atom. The van der Waals surface area contributed by atoms with Crippen LogP contribution in [0.4, 0.5) is 10.1 Å². The number of hydrogen-bond acceptors (Lipinski definition) is 3. The van der Waals surface area contributed by atoms with E-state index in [4.69, 9.17) is 5.26 Å². The van der Waals surface area contributed by atoms with E-state index in [9.17, 15) is 14.0 Å². The molecule has 4 rings (SSSR count). The number of rotatable bonds is 3. The maximum atomic E-state index is 13.4. The summed E-state index contributed by atoms with van der Waals surface area (Å²) in [5.74, 6) is -0.688. The third-order valence-corrected chi connectivity index (χ3v) is 6.07. The predicted octanol–water partition coefficient (Wildman–Crippen LogP) is 3.79. The zero-order valence-corrected chi connectivity index (χ0v) is 16.0. The molecule has 0 aromatic heterocycles. The molecule has 2 atom stereocenters. The lowest BCUT2D eigenvalue weighted by Gasteiger charge is -2.37. The highest BCUT2D eigenvalue weighted by Crippen LogP contribution is 2.46. The van der Waals surface area contributed by atoms with E-state index >= 15 is 0 Å². The van der Waals surface area contributed by atoms with Crippen molar-refractivity contribution in [3.63, 3.8) is 0 Å². The van der Waals surface area contributed by atoms with Crippen LogP contribution in [0.1, 0.15) is 48.0 Å². The van der Waals surface area contributed by atoms with Gasteiger partial charge in [0.25, 0.3) is 5.91 Å². The van der Waals surface area contributed by atoms with Crippen molar-refractivity contribution in [1.29, 1.82) is 5.26 Å². The van der Waals surface area contributed by atoms with Crippen molar-refractivity contribution in [2.45, 2.75) is 38.1 Å². The molecular weight excluding hydrogens is 369 g/mol. The Balaban J connectivity index is 1.48. The van der Waals surface area contributed by atoms with Crippen LogP contribution in [0.3, 0.4) is 0 Å². The van der Waals surface area contributed by atoms with Crippen molar-refractivity contribution in [1.82, 2.24) is 5.32 Å². The largest absolute Gasteiger partial charge is 0.349 e. The minimum atomic E-state index is -0.485. The summed E-state index contributed by atoms with van der Waals surface area (Å²) in [7, 11) is 0. The molecule has 148 valence electrons. The molecule has 2 amide bonds. The molecule has 2 aromatic carbocycles. The van der Waals surface area contributed by atoms with Crippen LogP contribution in [0.25, 0.3) is 0 Å². The number of nitrogens with one attached hydrogen (secondary N) is 1. The second-order valence-corrected chi connectivity index (χ2v) is 7.93. The van der Waals surface area contributed by atoms with Crippen LogP contribution < -0.4 is 10.2 Å². The number of nitrogens with zero attached hydrogens (tertiary/aromatic N) is 2. The molecule has 1 heterocycles. The SMILES string of the molecule is N#Cc1cccc(N2CC[C@]3(CCC[C@H](NC(=O)c4cccc(F)c4)C3)C2=O)c1. The second-order valence-electron chi connectivity index (χ2n) is 7.93. The zero-order chi connectivity index (χ0) is 20.4. The van der Waals surface area contributed by atoms with Crippen LogP contribution >= 0.6 is 0 Å². The molecule has 5 nitrogen and oxygen atoms in total. The van der Waals surface area contributed by atoms with Gasteiger partial charge >= 0.3 is 0 Å². The Hall–Kier alpha value is -3.20. The molecule has 2 aliphatic rings. The Bertz CT molecular complexity index is 1000. The number of carbonyl (C=O) groups excluding carboxylic acids is 2. The second kappa shape index (κ2) is 7.67. The first-order chi connectivity index (χ1) is 14.0. The summed E-state index contributed by atoms with van der Waals surface area (Å²) in [4.78, 5) is 27.6. The standard InChI is InChI=1S/C23H22FN3O2/c24-18-6-2-5-17(13-18)21(28)26-19-7-3-9-23(14-19)10-11-27(22(23)29)20-8-1-4-16(12-20)15-25/h1-2,4-6,8,12-13,19H,3,7,9-11,14H2,(H,26,28)/t19-,23-/m0/s1. The number of amides is 2. The highest BCUT2D eigenvalue weighted by molar-refractivity contribution is 6.00. The first kappa shape index (κ1) is 19.1. The molecule has 0 unspecified atom stereocenters. The molecule has 1 spiro atoms. The minimum absolute atomic E-state index is 0.0669. The highest BCUT2D eigenvalue weighted by atomic mass is 19.1. The number of carbonyl (C=O) groups is 2. The third-order valence-electron chi connectivity index (χ3n) is 6.07. The van der Waals surface area contributed by atoms with Crippen LogP contribution in [-0.2, 0) is 4.79 Å². The average molecular weight is 391 g/mol. The summed E-state index contributed by atoms with van der Waals surface area (Å²) in [6.45, 7) is 0.609. The molecule has 1 N–H and O–H groups in total. The van der Waals surface area contributed by atoms with Crippen molar-refractivity contribution in [3.05, 3.63) is 65.5 Å². The molecular formula is C23H22FN3O2. The molecule has 1 aliphatic heterocycles. The van der Waals surface area contributed by atoms with E-state index in [2.05, 4.69) is 11.4 Å². The lowest BCUT2D eigenvalue weighted by Crippen LogP contribution is -2.46. The van der Waals surface area contributed by atoms with Gasteiger partial charge in [0.2, 0.25) is 5.91 Å². The average Bonchev–Trinajstić information content (AvgIpc) is 3.03. The lowest BCUT2D eigenvalue weighted by molar-refractivity contribution is -0.127. The van der Waals surface area contributed by atoms with Crippen LogP contribution in [0.2, 0.25) is 0 Å². The van der Waals surface area contributed by atoms with Gasteiger partial charge in [-0.15, -0.1) is 0 Å². The van der Waals surface area contributed by atoms with E-state index in [1.807, 2.05) is 6.07 Å². The van der Waals surface area contributed by atoms with Crippen LogP contribution in [0, 0.1) is 22.6 Å². The van der Waals surface area contributed by atoms with E-state index in [0.717, 1.165) is 31.4 Å². The quantitative estimate of drug-likeness (QED) is 0.865. The summed E-state index contributed by atoms with van der Waals surface area (Å²) < 4.78 is 13.4. The van der Waals surface area contributed by atoms with Crippen LogP contribution in [-0.4, -0.2) is 24.4 Å². The van der Waals surface area contributed by atoms with Gasteiger partial charge in [-0.3, -0.25) is 9.59 Å². The van der Waals surface area contributed by atoms with Crippen molar-refractivity contribution in [2.75, 3.05) is 11.4 Å². The first-order valence-electron chi connectivity index (χ1n) is 9.89. The fourth-order valence-corrected chi connectivity index (χ4v) is 4.62. The predicted molar refractivity (Wildman–Crippen MR) is 107 cm³/mol. The molecule has 1 saturated carbocycles. The minimum Gasteiger partial charge on any atom is -0.349 e. The fourth-order valence-electron chi connectivity index (χ4n) is 4.62. The Kier molecular flexibility index (Phi) is 5.06. The normalized spacial score (nSPS) is 23.8. The van der Waals surface area contributed by atoms with Gasteiger partial charge in [-0.1, -0.05) is 18.6 Å². The summed E-state index contributed by atoms with van der Waals surface area (Å²) >= 11 is 0. The number of nitriles is 1. The third kappa shape index (κ3) is 3.73. The van der Waals surface area contributed by atoms with E-state index in [0.29, 0.717) is 18.5 Å². The molecule has 2 fully saturated rings. The topological polar surface area (TPSA) is 73.2 Å². The van der Waals surface area contributed by atoms with E-state index < -0.39 is 11.2 Å². The highest BCUT2D eigenvalue weighted by Gasteiger charge is 2.49. The summed E-state index contributed by atoms with van der Waals surface area (Å²) in [6, 6.07) is 14.7. The monoisotopic (exact) mass is 391 g/mol. The molecule has 2 aromatic rings. The van der Waals surface area contributed by atoms with Crippen LogP contribution in [0.15, 0.2) is 48.5 Å². The zero-order valence-electron chi connectivity index (χ0n) is 16.0. The maximum Gasteiger partial charge on any atom is 0.251 e. The molecule has 0 radical (unpaired) electrons. The molecule has 1 saturated heterocycles. The fraction of sp³-hybridized carbons (Fsp3) is 0.348. The Labute approximate surface area is 169 Å². The van der Waals surface area contributed by atoms with Gasteiger partial charge in [-0.2, -0.15) is 5.26 Å². The van der Waals surface area contributed by atoms with E-state index in [-0.39, 0.29) is 23.4 Å². The summed E-state index contributed by atoms with van der Waals surface area (Å²) in [5, 5.41) is 12.1. The van der Waals surface area contributed by atoms with Gasteiger partial charge in [0.15, 0.2) is 0 Å². The maximum absolute atomic E-state index is 13.4. The van der Waals surface area contributed by atoms with Gasteiger partial charge in [-0.05, 0) is 62.1 Å². The van der Waals surface area contributed by atoms with Crippen molar-refractivity contribution >= 4 is 17.5 Å². The van der Waals surface area contributed by atoms with Gasteiger partial charge in [0.1, 0.15) is 5.82 Å². The smallest absolute Gasteiger partial charge is 0.251 e. The van der Waals surface area contributed by atoms with Gasteiger partial charge in [0, 0.05) is 23.8 Å². The summed E-state index contributed by atoms with van der Waals surface area (Å²) in [5.41, 5.74) is 1.08. The summed E-state index contributed by atoms with van der Waals surface area (Å²) in [6.07, 6.45) is 3.77. The number of hydrogen-bond donors (Lipinski definition) is 1. The van der Waals surface area contributed by atoms with Crippen LogP contribution in [0.5, 0.6) is 0 Å². The van der Waals surface area contributed by atoms with Gasteiger partial charge in [0.05, 0.1) is 17.0 Å². The molecule has 29 heavy (non-hydrogen) atoms. The number of anilines is 1. The number of halogens is 1. The molecule has 0 bridgehead atoms. The van der Waals surface area contributed by atoms with Crippen molar-refractivity contribution < 1.29 is 14.0 Å². The lowest BCUT2D eigenvalue weighted by atomic mass is 9.71. The van der Waals surface area contributed by atoms with Gasteiger partial charge in [-0.25, -0.2) is 4.39 Å². The Morgan fingerprint density at radius 3 is 2.83 bits per heavy atom. The van der Waals surface area contributed by atoms with Crippen molar-refractivity contribution in [2.24, 2.45) is 5.41 Å². The van der Waals surface area contributed by atoms with Crippen molar-refractivity contribution in [3.8, 4) is 6.07 Å².